The SMILES string of the molecule is CCC(C)CNCC(C)(C)CCCO. The van der Waals surface area contributed by atoms with Gasteiger partial charge in [-0.15, -0.1) is 0 Å². The van der Waals surface area contributed by atoms with Crippen LogP contribution in [0.2, 0.25) is 0 Å². The molecule has 1 unspecified atom stereocenters. The van der Waals surface area contributed by atoms with Crippen LogP contribution in [0.15, 0.2) is 0 Å². The van der Waals surface area contributed by atoms with Crippen LogP contribution in [0, 0.1) is 11.3 Å². The van der Waals surface area contributed by atoms with Crippen LogP contribution in [-0.2, 0) is 0 Å². The topological polar surface area (TPSA) is 32.3 Å². The Balaban J connectivity index is 3.54. The van der Waals surface area contributed by atoms with Crippen LogP contribution in [-0.4, -0.2) is 24.8 Å². The van der Waals surface area contributed by atoms with Gasteiger partial charge < -0.3 is 10.4 Å². The molecule has 0 bridgehead atoms. The summed E-state index contributed by atoms with van der Waals surface area (Å²) in [5.74, 6) is 0.767. The fraction of sp³-hybridized carbons (Fsp3) is 1.00. The molecule has 0 aromatic heterocycles. The van der Waals surface area contributed by atoms with Crippen molar-refractivity contribution in [2.24, 2.45) is 11.3 Å². The molecule has 0 aliphatic heterocycles. The van der Waals surface area contributed by atoms with E-state index in [0.717, 1.165) is 31.8 Å². The molecule has 0 saturated carbocycles. The fourth-order valence-electron chi connectivity index (χ4n) is 1.45. The van der Waals surface area contributed by atoms with Crippen molar-refractivity contribution < 1.29 is 5.11 Å². The molecule has 0 aliphatic carbocycles. The zero-order valence-corrected chi connectivity index (χ0v) is 10.3. The molecule has 0 heterocycles. The first-order chi connectivity index (χ1) is 6.52. The van der Waals surface area contributed by atoms with Gasteiger partial charge in [-0.2, -0.15) is 0 Å². The lowest BCUT2D eigenvalue weighted by atomic mass is 9.88. The maximum atomic E-state index is 8.76. The number of aliphatic hydroxyl groups excluding tert-OH is 1. The summed E-state index contributed by atoms with van der Waals surface area (Å²) >= 11 is 0. The second-order valence-electron chi connectivity index (χ2n) is 5.14. The molecule has 0 amide bonds. The maximum Gasteiger partial charge on any atom is 0.0431 e. The third-order valence-electron chi connectivity index (χ3n) is 2.80. The van der Waals surface area contributed by atoms with Crippen molar-refractivity contribution in [1.29, 1.82) is 0 Å². The van der Waals surface area contributed by atoms with Crippen molar-refractivity contribution in [1.82, 2.24) is 5.32 Å². The van der Waals surface area contributed by atoms with Gasteiger partial charge >= 0.3 is 0 Å². The van der Waals surface area contributed by atoms with Crippen LogP contribution in [0.4, 0.5) is 0 Å². The third kappa shape index (κ3) is 7.34. The molecular weight excluding hydrogens is 174 g/mol. The van der Waals surface area contributed by atoms with Gasteiger partial charge in [-0.1, -0.05) is 34.1 Å². The molecule has 2 heteroatoms. The van der Waals surface area contributed by atoms with Gasteiger partial charge in [0.15, 0.2) is 0 Å². The van der Waals surface area contributed by atoms with E-state index >= 15 is 0 Å². The molecule has 1 atom stereocenters. The zero-order valence-electron chi connectivity index (χ0n) is 10.3. The lowest BCUT2D eigenvalue weighted by Gasteiger charge is -2.25. The summed E-state index contributed by atoms with van der Waals surface area (Å²) in [5.41, 5.74) is 0.316. The molecule has 0 aromatic rings. The summed E-state index contributed by atoms with van der Waals surface area (Å²) in [6, 6.07) is 0. The Hall–Kier alpha value is -0.0800. The molecule has 14 heavy (non-hydrogen) atoms. The van der Waals surface area contributed by atoms with Crippen molar-refractivity contribution in [2.75, 3.05) is 19.7 Å². The maximum absolute atomic E-state index is 8.76. The first kappa shape index (κ1) is 13.9. The van der Waals surface area contributed by atoms with Crippen molar-refractivity contribution in [3.8, 4) is 0 Å². The highest BCUT2D eigenvalue weighted by molar-refractivity contribution is 4.71. The molecular formula is C12H27NO. The van der Waals surface area contributed by atoms with E-state index in [2.05, 4.69) is 33.0 Å². The molecule has 0 radical (unpaired) electrons. The van der Waals surface area contributed by atoms with Crippen LogP contribution in [0.5, 0.6) is 0 Å². The average Bonchev–Trinajstić information content (AvgIpc) is 2.14. The number of hydrogen-bond donors (Lipinski definition) is 2. The summed E-state index contributed by atoms with van der Waals surface area (Å²) in [5, 5.41) is 12.3. The van der Waals surface area contributed by atoms with Gasteiger partial charge in [-0.3, -0.25) is 0 Å². The Bertz CT molecular complexity index is 134. The van der Waals surface area contributed by atoms with Crippen LogP contribution >= 0.6 is 0 Å². The monoisotopic (exact) mass is 201 g/mol. The van der Waals surface area contributed by atoms with Gasteiger partial charge in [-0.25, -0.2) is 0 Å². The molecule has 0 fully saturated rings. The van der Waals surface area contributed by atoms with Gasteiger partial charge in [-0.05, 0) is 30.7 Å². The summed E-state index contributed by atoms with van der Waals surface area (Å²) < 4.78 is 0. The number of nitrogens with one attached hydrogen (secondary N) is 1. The Labute approximate surface area is 89.1 Å². The molecule has 0 spiro atoms. The standard InChI is InChI=1S/C12H27NO/c1-5-11(2)9-13-10-12(3,4)7-6-8-14/h11,13-14H,5-10H2,1-4H3. The summed E-state index contributed by atoms with van der Waals surface area (Å²) in [4.78, 5) is 0. The van der Waals surface area contributed by atoms with Gasteiger partial charge in [0.05, 0.1) is 0 Å². The Morgan fingerprint density at radius 2 is 2.00 bits per heavy atom. The third-order valence-corrected chi connectivity index (χ3v) is 2.80. The van der Waals surface area contributed by atoms with Crippen LogP contribution in [0.25, 0.3) is 0 Å². The van der Waals surface area contributed by atoms with Crippen molar-refractivity contribution in [3.05, 3.63) is 0 Å². The van der Waals surface area contributed by atoms with Gasteiger partial charge in [0.2, 0.25) is 0 Å². The second-order valence-corrected chi connectivity index (χ2v) is 5.14. The second kappa shape index (κ2) is 7.24. The molecule has 0 aliphatic rings. The highest BCUT2D eigenvalue weighted by atomic mass is 16.2. The zero-order chi connectivity index (χ0) is 11.0. The van der Waals surface area contributed by atoms with E-state index in [1.165, 1.54) is 6.42 Å². The van der Waals surface area contributed by atoms with Gasteiger partial charge in [0.1, 0.15) is 0 Å². The van der Waals surface area contributed by atoms with Crippen molar-refractivity contribution in [3.63, 3.8) is 0 Å². The predicted octanol–water partition coefficient (Wildman–Crippen LogP) is 2.42. The number of hydrogen-bond acceptors (Lipinski definition) is 2. The molecule has 2 nitrogen and oxygen atoms in total. The predicted molar refractivity (Wildman–Crippen MR) is 62.4 cm³/mol. The van der Waals surface area contributed by atoms with E-state index in [0.29, 0.717) is 12.0 Å². The summed E-state index contributed by atoms with van der Waals surface area (Å²) in [6.07, 6.45) is 3.25. The van der Waals surface area contributed by atoms with E-state index in [4.69, 9.17) is 5.11 Å². The lowest BCUT2D eigenvalue weighted by Crippen LogP contribution is -2.32. The summed E-state index contributed by atoms with van der Waals surface area (Å²) in [6.45, 7) is 11.5. The van der Waals surface area contributed by atoms with Crippen molar-refractivity contribution >= 4 is 0 Å². The Kier molecular flexibility index (Phi) is 7.20. The first-order valence-electron chi connectivity index (χ1n) is 5.83. The van der Waals surface area contributed by atoms with Crippen LogP contribution < -0.4 is 5.32 Å². The van der Waals surface area contributed by atoms with E-state index in [1.54, 1.807) is 0 Å². The van der Waals surface area contributed by atoms with Crippen LogP contribution in [0.3, 0.4) is 0 Å². The van der Waals surface area contributed by atoms with E-state index in [9.17, 15) is 0 Å². The minimum absolute atomic E-state index is 0.314. The highest BCUT2D eigenvalue weighted by Crippen LogP contribution is 2.20. The number of aliphatic hydroxyl groups is 1. The lowest BCUT2D eigenvalue weighted by molar-refractivity contribution is 0.234. The molecule has 2 N–H and O–H groups in total. The first-order valence-corrected chi connectivity index (χ1v) is 5.83. The normalized spacial score (nSPS) is 14.4. The minimum atomic E-state index is 0.314. The molecule has 0 saturated heterocycles. The Morgan fingerprint density at radius 1 is 1.36 bits per heavy atom. The van der Waals surface area contributed by atoms with Gasteiger partial charge in [0.25, 0.3) is 0 Å². The quantitative estimate of drug-likeness (QED) is 0.632. The molecule has 0 rings (SSSR count). The van der Waals surface area contributed by atoms with Crippen molar-refractivity contribution in [2.45, 2.75) is 47.0 Å². The average molecular weight is 201 g/mol. The summed E-state index contributed by atoms with van der Waals surface area (Å²) in [7, 11) is 0. The smallest absolute Gasteiger partial charge is 0.0431 e. The van der Waals surface area contributed by atoms with E-state index < -0.39 is 0 Å². The largest absolute Gasteiger partial charge is 0.396 e. The fourth-order valence-corrected chi connectivity index (χ4v) is 1.45. The van der Waals surface area contributed by atoms with Gasteiger partial charge in [0, 0.05) is 13.2 Å². The Morgan fingerprint density at radius 3 is 2.50 bits per heavy atom. The number of rotatable bonds is 8. The molecule has 0 aromatic carbocycles. The highest BCUT2D eigenvalue weighted by Gasteiger charge is 2.16. The van der Waals surface area contributed by atoms with E-state index in [-0.39, 0.29) is 0 Å². The minimum Gasteiger partial charge on any atom is -0.396 e. The van der Waals surface area contributed by atoms with Crippen LogP contribution in [0.1, 0.15) is 47.0 Å². The van der Waals surface area contributed by atoms with E-state index in [1.807, 2.05) is 0 Å². The molecule has 86 valence electrons.